The Labute approximate surface area is 169 Å². The molecule has 1 unspecified atom stereocenters. The molecule has 1 fully saturated rings. The molecule has 1 aliphatic rings. The summed E-state index contributed by atoms with van der Waals surface area (Å²) in [6.45, 7) is 5.17. The van der Waals surface area contributed by atoms with Gasteiger partial charge in [-0.3, -0.25) is 19.7 Å². The van der Waals surface area contributed by atoms with Crippen LogP contribution in [0.1, 0.15) is 37.0 Å². The number of nitrogens with one attached hydrogen (secondary N) is 2. The summed E-state index contributed by atoms with van der Waals surface area (Å²) in [6, 6.07) is 6.00. The van der Waals surface area contributed by atoms with Crippen molar-refractivity contribution in [1.29, 1.82) is 0 Å². The SMILES string of the molecule is CCCOC(=O)CC1C(=O)NCCN1C(=S)NC(=O)c1ccccc1OCC. The van der Waals surface area contributed by atoms with E-state index < -0.39 is 17.9 Å². The number of benzene rings is 1. The Morgan fingerprint density at radius 3 is 2.79 bits per heavy atom. The first-order chi connectivity index (χ1) is 13.5. The smallest absolute Gasteiger partial charge is 0.308 e. The zero-order valence-corrected chi connectivity index (χ0v) is 16.8. The molecule has 1 saturated heterocycles. The quantitative estimate of drug-likeness (QED) is 0.519. The molecule has 9 heteroatoms. The van der Waals surface area contributed by atoms with Gasteiger partial charge in [-0.2, -0.15) is 0 Å². The third kappa shape index (κ3) is 5.66. The van der Waals surface area contributed by atoms with Crippen molar-refractivity contribution < 1.29 is 23.9 Å². The fourth-order valence-corrected chi connectivity index (χ4v) is 3.08. The zero-order valence-electron chi connectivity index (χ0n) is 16.0. The number of hydrogen-bond donors (Lipinski definition) is 2. The van der Waals surface area contributed by atoms with Crippen molar-refractivity contribution in [3.8, 4) is 5.75 Å². The fraction of sp³-hybridized carbons (Fsp3) is 0.474. The van der Waals surface area contributed by atoms with Gasteiger partial charge >= 0.3 is 5.97 Å². The maximum absolute atomic E-state index is 12.6. The van der Waals surface area contributed by atoms with E-state index >= 15 is 0 Å². The van der Waals surface area contributed by atoms with Gasteiger partial charge in [0, 0.05) is 13.1 Å². The molecule has 152 valence electrons. The summed E-state index contributed by atoms with van der Waals surface area (Å²) in [5.41, 5.74) is 0.340. The van der Waals surface area contributed by atoms with Crippen molar-refractivity contribution in [3.63, 3.8) is 0 Å². The lowest BCUT2D eigenvalue weighted by molar-refractivity contribution is -0.147. The summed E-state index contributed by atoms with van der Waals surface area (Å²) in [5.74, 6) is -0.801. The van der Waals surface area contributed by atoms with Crippen molar-refractivity contribution in [2.45, 2.75) is 32.7 Å². The number of piperazine rings is 1. The van der Waals surface area contributed by atoms with Crippen LogP contribution in [-0.4, -0.2) is 60.1 Å². The van der Waals surface area contributed by atoms with Gasteiger partial charge in [0.25, 0.3) is 5.91 Å². The Kier molecular flexibility index (Phi) is 8.19. The number of esters is 1. The van der Waals surface area contributed by atoms with Crippen LogP contribution in [-0.2, 0) is 14.3 Å². The highest BCUT2D eigenvalue weighted by atomic mass is 32.1. The average molecular weight is 407 g/mol. The minimum Gasteiger partial charge on any atom is -0.493 e. The Morgan fingerprint density at radius 1 is 1.32 bits per heavy atom. The molecule has 1 heterocycles. The third-order valence-electron chi connectivity index (χ3n) is 4.07. The molecule has 0 aromatic heterocycles. The van der Waals surface area contributed by atoms with Crippen LogP contribution in [0, 0.1) is 0 Å². The Morgan fingerprint density at radius 2 is 2.07 bits per heavy atom. The fourth-order valence-electron chi connectivity index (χ4n) is 2.77. The van der Waals surface area contributed by atoms with Crippen LogP contribution in [0.15, 0.2) is 24.3 Å². The van der Waals surface area contributed by atoms with Crippen LogP contribution < -0.4 is 15.4 Å². The highest BCUT2D eigenvalue weighted by molar-refractivity contribution is 7.80. The second kappa shape index (κ2) is 10.6. The lowest BCUT2D eigenvalue weighted by Crippen LogP contribution is -2.60. The average Bonchev–Trinajstić information content (AvgIpc) is 2.68. The number of para-hydroxylation sites is 1. The standard InChI is InChI=1S/C19H25N3O5S/c1-3-11-27-16(23)12-14-18(25)20-9-10-22(14)19(28)21-17(24)13-7-5-6-8-15(13)26-4-2/h5-8,14H,3-4,9-12H2,1-2H3,(H,20,25)(H,21,24,28). The van der Waals surface area contributed by atoms with Crippen molar-refractivity contribution in [2.75, 3.05) is 26.3 Å². The second-order valence-electron chi connectivity index (χ2n) is 6.11. The molecule has 8 nitrogen and oxygen atoms in total. The Hall–Kier alpha value is -2.68. The lowest BCUT2D eigenvalue weighted by Gasteiger charge is -2.36. The number of carbonyl (C=O) groups is 3. The molecule has 1 aliphatic heterocycles. The molecular weight excluding hydrogens is 382 g/mol. The van der Waals surface area contributed by atoms with Gasteiger partial charge in [0.15, 0.2) is 5.11 Å². The minimum absolute atomic E-state index is 0.0828. The molecule has 0 spiro atoms. The van der Waals surface area contributed by atoms with Gasteiger partial charge < -0.3 is 19.7 Å². The van der Waals surface area contributed by atoms with Gasteiger partial charge in [-0.1, -0.05) is 19.1 Å². The number of amides is 2. The Bertz CT molecular complexity index is 740. The van der Waals surface area contributed by atoms with Crippen LogP contribution >= 0.6 is 12.2 Å². The lowest BCUT2D eigenvalue weighted by atomic mass is 10.1. The number of thiocarbonyl (C=S) groups is 1. The van der Waals surface area contributed by atoms with E-state index in [9.17, 15) is 14.4 Å². The van der Waals surface area contributed by atoms with Crippen molar-refractivity contribution in [3.05, 3.63) is 29.8 Å². The van der Waals surface area contributed by atoms with E-state index in [-0.39, 0.29) is 17.4 Å². The normalized spacial score (nSPS) is 16.1. The summed E-state index contributed by atoms with van der Waals surface area (Å²) in [4.78, 5) is 38.4. The molecule has 2 amide bonds. The number of rotatable bonds is 7. The molecule has 1 aromatic rings. The van der Waals surface area contributed by atoms with E-state index in [0.29, 0.717) is 44.0 Å². The van der Waals surface area contributed by atoms with E-state index in [4.69, 9.17) is 21.7 Å². The summed E-state index contributed by atoms with van der Waals surface area (Å²) >= 11 is 5.35. The molecule has 2 N–H and O–H groups in total. The molecule has 2 rings (SSSR count). The van der Waals surface area contributed by atoms with Gasteiger partial charge in [-0.05, 0) is 37.7 Å². The van der Waals surface area contributed by atoms with Gasteiger partial charge in [0.2, 0.25) is 5.91 Å². The molecule has 0 aliphatic carbocycles. The molecule has 0 saturated carbocycles. The predicted molar refractivity (Wildman–Crippen MR) is 107 cm³/mol. The van der Waals surface area contributed by atoms with Crippen LogP contribution in [0.25, 0.3) is 0 Å². The first-order valence-corrected chi connectivity index (χ1v) is 9.65. The monoisotopic (exact) mass is 407 g/mol. The predicted octanol–water partition coefficient (Wildman–Crippen LogP) is 1.24. The molecule has 1 atom stereocenters. The summed E-state index contributed by atoms with van der Waals surface area (Å²) in [5, 5.41) is 5.43. The van der Waals surface area contributed by atoms with Crippen molar-refractivity contribution in [1.82, 2.24) is 15.5 Å². The molecule has 0 bridgehead atoms. The molecular formula is C19H25N3O5S. The van der Waals surface area contributed by atoms with E-state index in [1.165, 1.54) is 0 Å². The third-order valence-corrected chi connectivity index (χ3v) is 4.41. The second-order valence-corrected chi connectivity index (χ2v) is 6.50. The molecule has 1 aromatic carbocycles. The summed E-state index contributed by atoms with van der Waals surface area (Å²) < 4.78 is 10.5. The highest BCUT2D eigenvalue weighted by Crippen LogP contribution is 2.18. The largest absolute Gasteiger partial charge is 0.493 e. The van der Waals surface area contributed by atoms with E-state index in [1.807, 2.05) is 13.8 Å². The van der Waals surface area contributed by atoms with Crippen LogP contribution in [0.3, 0.4) is 0 Å². The first-order valence-electron chi connectivity index (χ1n) is 9.25. The maximum Gasteiger partial charge on any atom is 0.308 e. The van der Waals surface area contributed by atoms with Gasteiger partial charge in [-0.25, -0.2) is 0 Å². The Balaban J connectivity index is 2.09. The van der Waals surface area contributed by atoms with E-state index in [0.717, 1.165) is 0 Å². The van der Waals surface area contributed by atoms with Gasteiger partial charge in [0.1, 0.15) is 11.8 Å². The van der Waals surface area contributed by atoms with Crippen LogP contribution in [0.2, 0.25) is 0 Å². The van der Waals surface area contributed by atoms with Crippen molar-refractivity contribution in [2.24, 2.45) is 0 Å². The van der Waals surface area contributed by atoms with E-state index in [2.05, 4.69) is 10.6 Å². The summed E-state index contributed by atoms with van der Waals surface area (Å²) in [7, 11) is 0. The molecule has 28 heavy (non-hydrogen) atoms. The topological polar surface area (TPSA) is 97.0 Å². The van der Waals surface area contributed by atoms with Crippen LogP contribution in [0.5, 0.6) is 5.75 Å². The van der Waals surface area contributed by atoms with Gasteiger partial charge in [0.05, 0.1) is 25.2 Å². The zero-order chi connectivity index (χ0) is 20.5. The van der Waals surface area contributed by atoms with Gasteiger partial charge in [-0.15, -0.1) is 0 Å². The number of nitrogens with zero attached hydrogens (tertiary/aromatic N) is 1. The number of carbonyl (C=O) groups excluding carboxylic acids is 3. The van der Waals surface area contributed by atoms with E-state index in [1.54, 1.807) is 29.2 Å². The number of ether oxygens (including phenoxy) is 2. The minimum atomic E-state index is -0.826. The highest BCUT2D eigenvalue weighted by Gasteiger charge is 2.34. The molecule has 0 radical (unpaired) electrons. The summed E-state index contributed by atoms with van der Waals surface area (Å²) in [6.07, 6.45) is 0.553. The van der Waals surface area contributed by atoms with Crippen molar-refractivity contribution >= 4 is 35.1 Å². The van der Waals surface area contributed by atoms with Crippen LogP contribution in [0.4, 0.5) is 0 Å². The number of hydrogen-bond acceptors (Lipinski definition) is 6. The first kappa shape index (κ1) is 21.6. The maximum atomic E-state index is 12.6.